The van der Waals surface area contributed by atoms with Gasteiger partial charge in [0.15, 0.2) is 11.5 Å². The molecule has 0 saturated carbocycles. The fourth-order valence-corrected chi connectivity index (χ4v) is 2.03. The minimum atomic E-state index is 0.293. The fraction of sp³-hybridized carbons (Fsp3) is 0.467. The highest BCUT2D eigenvalue weighted by Gasteiger charge is 2.14. The molecular weight excluding hydrogens is 212 g/mol. The third-order valence-electron chi connectivity index (χ3n) is 2.91. The van der Waals surface area contributed by atoms with Crippen LogP contribution in [0.1, 0.15) is 31.7 Å². The Balaban J connectivity index is 2.10. The van der Waals surface area contributed by atoms with E-state index in [0.717, 1.165) is 30.8 Å². The summed E-state index contributed by atoms with van der Waals surface area (Å²) < 4.78 is 11.6. The number of benzene rings is 1. The molecule has 2 heteroatoms. The molecule has 0 heterocycles. The van der Waals surface area contributed by atoms with Gasteiger partial charge in [0.1, 0.15) is 6.10 Å². The number of rotatable bonds is 4. The van der Waals surface area contributed by atoms with E-state index < -0.39 is 0 Å². The second-order valence-corrected chi connectivity index (χ2v) is 4.41. The molecule has 0 bridgehead atoms. The van der Waals surface area contributed by atoms with Crippen LogP contribution in [0.5, 0.6) is 11.5 Å². The molecule has 0 amide bonds. The van der Waals surface area contributed by atoms with E-state index in [-0.39, 0.29) is 0 Å². The van der Waals surface area contributed by atoms with Crippen LogP contribution in [-0.2, 0) is 0 Å². The first-order chi connectivity index (χ1) is 8.29. The van der Waals surface area contributed by atoms with Crippen LogP contribution in [0.25, 0.3) is 0 Å². The molecule has 1 unspecified atom stereocenters. The van der Waals surface area contributed by atoms with Gasteiger partial charge < -0.3 is 9.47 Å². The largest absolute Gasteiger partial charge is 0.490 e. The van der Waals surface area contributed by atoms with Crippen LogP contribution in [0.3, 0.4) is 0 Å². The summed E-state index contributed by atoms with van der Waals surface area (Å²) in [5, 5.41) is 0. The van der Waals surface area contributed by atoms with E-state index in [2.05, 4.69) is 25.1 Å². The van der Waals surface area contributed by atoms with Gasteiger partial charge in [0.2, 0.25) is 0 Å². The summed E-state index contributed by atoms with van der Waals surface area (Å²) in [4.78, 5) is 0. The maximum Gasteiger partial charge on any atom is 0.161 e. The SMILES string of the molecule is CCOc1cc(C)ccc1OC1CC=CCC1. The summed E-state index contributed by atoms with van der Waals surface area (Å²) >= 11 is 0. The van der Waals surface area contributed by atoms with Gasteiger partial charge in [0.25, 0.3) is 0 Å². The topological polar surface area (TPSA) is 18.5 Å². The predicted octanol–water partition coefficient (Wildman–Crippen LogP) is 3.88. The molecule has 0 fully saturated rings. The number of ether oxygens (including phenoxy) is 2. The lowest BCUT2D eigenvalue weighted by Crippen LogP contribution is -2.17. The zero-order valence-corrected chi connectivity index (χ0v) is 10.6. The number of aryl methyl sites for hydroxylation is 1. The van der Waals surface area contributed by atoms with Crippen molar-refractivity contribution in [3.05, 3.63) is 35.9 Å². The molecule has 2 nitrogen and oxygen atoms in total. The van der Waals surface area contributed by atoms with Crippen LogP contribution in [0, 0.1) is 6.92 Å². The monoisotopic (exact) mass is 232 g/mol. The standard InChI is InChI=1S/C15H20O2/c1-3-16-15-11-12(2)9-10-14(15)17-13-7-5-4-6-8-13/h4-5,9-11,13H,3,6-8H2,1-2H3. The Morgan fingerprint density at radius 1 is 1.24 bits per heavy atom. The summed E-state index contributed by atoms with van der Waals surface area (Å²) in [5.74, 6) is 1.74. The Morgan fingerprint density at radius 3 is 2.82 bits per heavy atom. The van der Waals surface area contributed by atoms with Crippen molar-refractivity contribution in [2.75, 3.05) is 6.61 Å². The summed E-state index contributed by atoms with van der Waals surface area (Å²) in [7, 11) is 0. The Bertz CT molecular complexity index is 396. The predicted molar refractivity (Wildman–Crippen MR) is 69.8 cm³/mol. The van der Waals surface area contributed by atoms with Gasteiger partial charge in [0, 0.05) is 6.42 Å². The van der Waals surface area contributed by atoms with Crippen molar-refractivity contribution >= 4 is 0 Å². The zero-order chi connectivity index (χ0) is 12.1. The minimum absolute atomic E-state index is 0.293. The van der Waals surface area contributed by atoms with Crippen molar-refractivity contribution in [3.63, 3.8) is 0 Å². The second-order valence-electron chi connectivity index (χ2n) is 4.41. The van der Waals surface area contributed by atoms with Crippen LogP contribution in [0.15, 0.2) is 30.4 Å². The molecule has 0 spiro atoms. The molecule has 0 saturated heterocycles. The van der Waals surface area contributed by atoms with E-state index in [1.807, 2.05) is 19.1 Å². The minimum Gasteiger partial charge on any atom is -0.490 e. The average Bonchev–Trinajstić information content (AvgIpc) is 2.34. The van der Waals surface area contributed by atoms with E-state index in [1.54, 1.807) is 0 Å². The third kappa shape index (κ3) is 3.26. The van der Waals surface area contributed by atoms with Crippen molar-refractivity contribution in [2.24, 2.45) is 0 Å². The second kappa shape index (κ2) is 5.76. The Morgan fingerprint density at radius 2 is 2.12 bits per heavy atom. The quantitative estimate of drug-likeness (QED) is 0.733. The summed E-state index contributed by atoms with van der Waals surface area (Å²) in [6.45, 7) is 4.73. The molecule has 0 aromatic heterocycles. The number of hydrogen-bond acceptors (Lipinski definition) is 2. The molecule has 1 atom stereocenters. The van der Waals surface area contributed by atoms with Crippen LogP contribution >= 0.6 is 0 Å². The van der Waals surface area contributed by atoms with E-state index in [0.29, 0.717) is 12.7 Å². The third-order valence-corrected chi connectivity index (χ3v) is 2.91. The first kappa shape index (κ1) is 12.0. The first-order valence-electron chi connectivity index (χ1n) is 6.34. The number of hydrogen-bond donors (Lipinski definition) is 0. The van der Waals surface area contributed by atoms with Crippen molar-refractivity contribution in [1.29, 1.82) is 0 Å². The molecule has 92 valence electrons. The number of allylic oxidation sites excluding steroid dienone is 1. The fourth-order valence-electron chi connectivity index (χ4n) is 2.03. The lowest BCUT2D eigenvalue weighted by atomic mass is 10.0. The van der Waals surface area contributed by atoms with Gasteiger partial charge in [-0.1, -0.05) is 18.2 Å². The van der Waals surface area contributed by atoms with E-state index in [1.165, 1.54) is 5.56 Å². The van der Waals surface area contributed by atoms with Gasteiger partial charge in [-0.15, -0.1) is 0 Å². The summed E-state index contributed by atoms with van der Waals surface area (Å²) in [5.41, 5.74) is 1.20. The lowest BCUT2D eigenvalue weighted by Gasteiger charge is -2.21. The maximum absolute atomic E-state index is 6.02. The molecule has 2 rings (SSSR count). The normalized spacial score (nSPS) is 19.1. The molecule has 0 N–H and O–H groups in total. The smallest absolute Gasteiger partial charge is 0.161 e. The van der Waals surface area contributed by atoms with Gasteiger partial charge in [-0.25, -0.2) is 0 Å². The maximum atomic E-state index is 6.02. The molecule has 1 aromatic rings. The highest BCUT2D eigenvalue weighted by molar-refractivity contribution is 5.42. The lowest BCUT2D eigenvalue weighted by molar-refractivity contribution is 0.180. The van der Waals surface area contributed by atoms with E-state index in [9.17, 15) is 0 Å². The van der Waals surface area contributed by atoms with Crippen LogP contribution in [-0.4, -0.2) is 12.7 Å². The molecule has 1 aliphatic rings. The van der Waals surface area contributed by atoms with Crippen molar-refractivity contribution in [3.8, 4) is 11.5 Å². The van der Waals surface area contributed by atoms with Gasteiger partial charge in [0.05, 0.1) is 6.61 Å². The van der Waals surface area contributed by atoms with Gasteiger partial charge in [-0.2, -0.15) is 0 Å². The molecule has 0 aliphatic heterocycles. The Labute approximate surface area is 103 Å². The van der Waals surface area contributed by atoms with E-state index >= 15 is 0 Å². The first-order valence-corrected chi connectivity index (χ1v) is 6.34. The molecular formula is C15H20O2. The molecule has 1 aliphatic carbocycles. The van der Waals surface area contributed by atoms with Gasteiger partial charge in [-0.05, 0) is 44.4 Å². The van der Waals surface area contributed by atoms with Crippen LogP contribution in [0.2, 0.25) is 0 Å². The van der Waals surface area contributed by atoms with Crippen molar-refractivity contribution in [2.45, 2.75) is 39.2 Å². The molecule has 1 aromatic carbocycles. The van der Waals surface area contributed by atoms with Crippen molar-refractivity contribution < 1.29 is 9.47 Å². The Hall–Kier alpha value is -1.44. The van der Waals surface area contributed by atoms with Gasteiger partial charge in [-0.3, -0.25) is 0 Å². The van der Waals surface area contributed by atoms with Crippen LogP contribution < -0.4 is 9.47 Å². The molecule has 17 heavy (non-hydrogen) atoms. The van der Waals surface area contributed by atoms with E-state index in [4.69, 9.17) is 9.47 Å². The summed E-state index contributed by atoms with van der Waals surface area (Å²) in [6.07, 6.45) is 7.92. The zero-order valence-electron chi connectivity index (χ0n) is 10.6. The van der Waals surface area contributed by atoms with Crippen molar-refractivity contribution in [1.82, 2.24) is 0 Å². The van der Waals surface area contributed by atoms with Crippen LogP contribution in [0.4, 0.5) is 0 Å². The van der Waals surface area contributed by atoms with Gasteiger partial charge >= 0.3 is 0 Å². The highest BCUT2D eigenvalue weighted by Crippen LogP contribution is 2.31. The summed E-state index contributed by atoms with van der Waals surface area (Å²) in [6, 6.07) is 6.12. The Kier molecular flexibility index (Phi) is 4.08. The molecule has 0 radical (unpaired) electrons. The highest BCUT2D eigenvalue weighted by atomic mass is 16.5. The average molecular weight is 232 g/mol.